The van der Waals surface area contributed by atoms with Gasteiger partial charge in [-0.15, -0.1) is 0 Å². The minimum atomic E-state index is -0.267. The molecule has 0 saturated heterocycles. The van der Waals surface area contributed by atoms with Crippen LogP contribution in [0.2, 0.25) is 0 Å². The highest BCUT2D eigenvalue weighted by Crippen LogP contribution is 2.16. The summed E-state index contributed by atoms with van der Waals surface area (Å²) in [6, 6.07) is 0. The zero-order chi connectivity index (χ0) is 8.85. The van der Waals surface area contributed by atoms with Crippen molar-refractivity contribution in [1.82, 2.24) is 0 Å². The second-order valence-corrected chi connectivity index (χ2v) is 3.40. The van der Waals surface area contributed by atoms with Gasteiger partial charge in [0.1, 0.15) is 0 Å². The topological polar surface area (TPSA) is 12.4 Å². The Labute approximate surface area is 80.2 Å². The third-order valence-electron chi connectivity index (χ3n) is 0.968. The number of nitrogens with zero attached hydrogens (tertiary/aromatic N) is 1. The summed E-state index contributed by atoms with van der Waals surface area (Å²) in [5.41, 5.74) is 0.612. The van der Waals surface area contributed by atoms with E-state index in [1.165, 1.54) is 6.21 Å². The zero-order valence-corrected chi connectivity index (χ0v) is 8.85. The third-order valence-corrected chi connectivity index (χ3v) is 2.25. The van der Waals surface area contributed by atoms with Crippen molar-refractivity contribution >= 4 is 28.8 Å². The Morgan fingerprint density at radius 2 is 2.27 bits per heavy atom. The molecular weight excluding hydrogens is 256 g/mol. The lowest BCUT2D eigenvalue weighted by Crippen LogP contribution is -1.79. The first-order chi connectivity index (χ1) is 5.07. The predicted molar refractivity (Wildman–Crippen MR) is 55.8 cm³/mol. The van der Waals surface area contributed by atoms with Gasteiger partial charge in [0.2, 0.25) is 0 Å². The SMILES string of the molecule is C=C(C)N=C/C(F)=C(\I)CC. The van der Waals surface area contributed by atoms with Gasteiger partial charge in [0.25, 0.3) is 0 Å². The Morgan fingerprint density at radius 1 is 1.73 bits per heavy atom. The predicted octanol–water partition coefficient (Wildman–Crippen LogP) is 3.62. The monoisotopic (exact) mass is 267 g/mol. The van der Waals surface area contributed by atoms with Crippen LogP contribution < -0.4 is 0 Å². The molecule has 0 rings (SSSR count). The van der Waals surface area contributed by atoms with Crippen molar-refractivity contribution in [3.05, 3.63) is 21.7 Å². The first kappa shape index (κ1) is 10.8. The molecule has 0 spiro atoms. The van der Waals surface area contributed by atoms with Crippen LogP contribution in [0.4, 0.5) is 4.39 Å². The maximum absolute atomic E-state index is 12.8. The third kappa shape index (κ3) is 5.12. The molecule has 62 valence electrons. The van der Waals surface area contributed by atoms with Gasteiger partial charge < -0.3 is 0 Å². The van der Waals surface area contributed by atoms with Crippen molar-refractivity contribution in [3.8, 4) is 0 Å². The van der Waals surface area contributed by atoms with Gasteiger partial charge in [0.05, 0.1) is 6.21 Å². The van der Waals surface area contributed by atoms with Crippen molar-refractivity contribution in [3.63, 3.8) is 0 Å². The van der Waals surface area contributed by atoms with Crippen molar-refractivity contribution in [1.29, 1.82) is 0 Å². The van der Waals surface area contributed by atoms with Gasteiger partial charge in [0.15, 0.2) is 5.83 Å². The first-order valence-electron chi connectivity index (χ1n) is 3.31. The maximum atomic E-state index is 12.8. The van der Waals surface area contributed by atoms with Crippen molar-refractivity contribution in [2.45, 2.75) is 20.3 Å². The Balaban J connectivity index is 4.26. The quantitative estimate of drug-likeness (QED) is 0.547. The summed E-state index contributed by atoms with van der Waals surface area (Å²) in [5.74, 6) is -0.267. The van der Waals surface area contributed by atoms with Crippen LogP contribution in [0.15, 0.2) is 26.7 Å². The summed E-state index contributed by atoms with van der Waals surface area (Å²) in [6.45, 7) is 7.15. The maximum Gasteiger partial charge on any atom is 0.150 e. The minimum absolute atomic E-state index is 0.267. The Morgan fingerprint density at radius 3 is 2.64 bits per heavy atom. The highest BCUT2D eigenvalue weighted by atomic mass is 127. The van der Waals surface area contributed by atoms with Crippen LogP contribution in [0.1, 0.15) is 20.3 Å². The summed E-state index contributed by atoms with van der Waals surface area (Å²) in [7, 11) is 0. The van der Waals surface area contributed by atoms with E-state index < -0.39 is 0 Å². The van der Waals surface area contributed by atoms with Gasteiger partial charge >= 0.3 is 0 Å². The summed E-state index contributed by atoms with van der Waals surface area (Å²) in [5, 5.41) is 0. The molecule has 0 bridgehead atoms. The first-order valence-corrected chi connectivity index (χ1v) is 4.39. The van der Waals surface area contributed by atoms with Gasteiger partial charge in [-0.05, 0) is 35.9 Å². The fourth-order valence-electron chi connectivity index (χ4n) is 0.406. The van der Waals surface area contributed by atoms with Crippen LogP contribution in [0, 0.1) is 0 Å². The highest BCUT2D eigenvalue weighted by molar-refractivity contribution is 14.1. The molecule has 0 aromatic heterocycles. The molecule has 0 saturated carbocycles. The lowest BCUT2D eigenvalue weighted by Gasteiger charge is -1.92. The van der Waals surface area contributed by atoms with Crippen LogP contribution in [0.5, 0.6) is 0 Å². The molecule has 0 aromatic rings. The number of halogens is 2. The van der Waals surface area contributed by atoms with Gasteiger partial charge in [-0.25, -0.2) is 4.39 Å². The fraction of sp³-hybridized carbons (Fsp3) is 0.375. The van der Waals surface area contributed by atoms with Gasteiger partial charge in [-0.2, -0.15) is 0 Å². The number of allylic oxidation sites excluding steroid dienone is 3. The van der Waals surface area contributed by atoms with Crippen LogP contribution in [0.25, 0.3) is 0 Å². The molecule has 0 aromatic carbocycles. The second-order valence-electron chi connectivity index (χ2n) is 2.10. The van der Waals surface area contributed by atoms with E-state index in [0.717, 1.165) is 0 Å². The van der Waals surface area contributed by atoms with E-state index >= 15 is 0 Å². The standard InChI is InChI=1S/C8H11FIN/c1-4-8(10)7(9)5-11-6(2)3/h5H,2,4H2,1,3H3/b8-7+,11-5?. The van der Waals surface area contributed by atoms with Crippen LogP contribution in [-0.2, 0) is 0 Å². The molecule has 0 aliphatic carbocycles. The Kier molecular flexibility index (Phi) is 5.36. The van der Waals surface area contributed by atoms with Crippen molar-refractivity contribution < 1.29 is 4.39 Å². The number of rotatable bonds is 3. The Hall–Kier alpha value is -0.190. The minimum Gasteiger partial charge on any atom is -0.259 e. The summed E-state index contributed by atoms with van der Waals surface area (Å²) < 4.78 is 13.5. The normalized spacial score (nSPS) is 13.5. The number of aliphatic imine (C=N–C) groups is 1. The molecule has 0 aliphatic heterocycles. The van der Waals surface area contributed by atoms with Gasteiger partial charge in [-0.3, -0.25) is 4.99 Å². The average Bonchev–Trinajstić information content (AvgIpc) is 1.98. The molecule has 0 aliphatic rings. The smallest absolute Gasteiger partial charge is 0.150 e. The second kappa shape index (κ2) is 5.46. The molecule has 0 unspecified atom stereocenters. The van der Waals surface area contributed by atoms with Gasteiger partial charge in [-0.1, -0.05) is 13.5 Å². The van der Waals surface area contributed by atoms with E-state index in [2.05, 4.69) is 11.6 Å². The van der Waals surface area contributed by atoms with E-state index in [9.17, 15) is 4.39 Å². The van der Waals surface area contributed by atoms with Crippen LogP contribution in [0.3, 0.4) is 0 Å². The van der Waals surface area contributed by atoms with E-state index in [0.29, 0.717) is 15.7 Å². The molecule has 0 atom stereocenters. The number of hydrogen-bond acceptors (Lipinski definition) is 1. The Bertz CT molecular complexity index is 206. The van der Waals surface area contributed by atoms with E-state index in [1.807, 2.05) is 29.5 Å². The fourth-order valence-corrected chi connectivity index (χ4v) is 0.545. The largest absolute Gasteiger partial charge is 0.259 e. The van der Waals surface area contributed by atoms with Crippen molar-refractivity contribution in [2.75, 3.05) is 0 Å². The van der Waals surface area contributed by atoms with E-state index in [4.69, 9.17) is 0 Å². The van der Waals surface area contributed by atoms with Crippen molar-refractivity contribution in [2.24, 2.45) is 4.99 Å². The molecule has 0 amide bonds. The average molecular weight is 267 g/mol. The van der Waals surface area contributed by atoms with E-state index in [-0.39, 0.29) is 5.83 Å². The molecule has 0 N–H and O–H groups in total. The summed E-state index contributed by atoms with van der Waals surface area (Å²) in [6.07, 6.45) is 1.90. The molecule has 0 radical (unpaired) electrons. The lowest BCUT2D eigenvalue weighted by molar-refractivity contribution is 0.679. The molecule has 3 heteroatoms. The van der Waals surface area contributed by atoms with Crippen LogP contribution in [-0.4, -0.2) is 6.21 Å². The zero-order valence-electron chi connectivity index (χ0n) is 6.69. The van der Waals surface area contributed by atoms with Gasteiger partial charge in [0, 0.05) is 9.28 Å². The summed E-state index contributed by atoms with van der Waals surface area (Å²) >= 11 is 1.96. The molecule has 0 fully saturated rings. The lowest BCUT2D eigenvalue weighted by atomic mass is 10.4. The number of hydrogen-bond donors (Lipinski definition) is 0. The molecule has 11 heavy (non-hydrogen) atoms. The summed E-state index contributed by atoms with van der Waals surface area (Å²) in [4.78, 5) is 3.74. The molecule has 0 heterocycles. The molecule has 1 nitrogen and oxygen atoms in total. The highest BCUT2D eigenvalue weighted by Gasteiger charge is 1.95. The van der Waals surface area contributed by atoms with Crippen LogP contribution >= 0.6 is 22.6 Å². The van der Waals surface area contributed by atoms with E-state index in [1.54, 1.807) is 6.92 Å². The molecular formula is C8H11FIN.